The van der Waals surface area contributed by atoms with Crippen molar-refractivity contribution in [3.05, 3.63) is 45.8 Å². The topological polar surface area (TPSA) is 81.2 Å². The van der Waals surface area contributed by atoms with Crippen LogP contribution in [0.4, 0.5) is 14.5 Å². The number of hydrogen-bond donors (Lipinski definition) is 1. The number of nitro benzene ring substituents is 1. The highest BCUT2D eigenvalue weighted by molar-refractivity contribution is 5.60. The van der Waals surface area contributed by atoms with E-state index in [1.165, 1.54) is 6.26 Å². The van der Waals surface area contributed by atoms with Gasteiger partial charge in [-0.25, -0.2) is 9.37 Å². The van der Waals surface area contributed by atoms with Crippen LogP contribution in [0, 0.1) is 21.7 Å². The second-order valence-electron chi connectivity index (χ2n) is 4.33. The number of aromatic nitrogens is 1. The molecule has 21 heavy (non-hydrogen) atoms. The molecule has 0 atom stereocenters. The summed E-state index contributed by atoms with van der Waals surface area (Å²) in [5.41, 5.74) is -0.995. The van der Waals surface area contributed by atoms with Crippen LogP contribution in [0.2, 0.25) is 0 Å². The maximum Gasteiger partial charge on any atom is 0.305 e. The number of hydrogen-bond acceptors (Lipinski definition) is 5. The van der Waals surface area contributed by atoms with Gasteiger partial charge in [0.05, 0.1) is 10.6 Å². The lowest BCUT2D eigenvalue weighted by molar-refractivity contribution is -0.387. The maximum absolute atomic E-state index is 14.0. The third-order valence-corrected chi connectivity index (χ3v) is 2.77. The summed E-state index contributed by atoms with van der Waals surface area (Å²) in [7, 11) is 0. The summed E-state index contributed by atoms with van der Waals surface area (Å²) in [4.78, 5) is 13.7. The van der Waals surface area contributed by atoms with Crippen LogP contribution >= 0.6 is 0 Å². The molecule has 0 aliphatic heterocycles. The fourth-order valence-corrected chi connectivity index (χ4v) is 1.77. The molecule has 0 unspecified atom stereocenters. The van der Waals surface area contributed by atoms with Gasteiger partial charge in [-0.3, -0.25) is 10.1 Å². The molecule has 0 amide bonds. The van der Waals surface area contributed by atoms with Gasteiger partial charge in [0.1, 0.15) is 17.6 Å². The van der Waals surface area contributed by atoms with Gasteiger partial charge < -0.3 is 9.73 Å². The van der Waals surface area contributed by atoms with E-state index in [4.69, 9.17) is 4.42 Å². The van der Waals surface area contributed by atoms with Crippen molar-refractivity contribution in [2.45, 2.75) is 19.9 Å². The Labute approximate surface area is 118 Å². The number of oxazole rings is 1. The summed E-state index contributed by atoms with van der Waals surface area (Å²) >= 11 is 0. The summed E-state index contributed by atoms with van der Waals surface area (Å²) in [6, 6.07) is 1.58. The number of nitro groups is 1. The third-order valence-electron chi connectivity index (χ3n) is 2.77. The van der Waals surface area contributed by atoms with Crippen LogP contribution in [0.3, 0.4) is 0 Å². The first kappa shape index (κ1) is 15.0. The van der Waals surface area contributed by atoms with E-state index in [9.17, 15) is 18.9 Å². The maximum atomic E-state index is 14.0. The molecule has 6 nitrogen and oxygen atoms in total. The second-order valence-corrected chi connectivity index (χ2v) is 4.33. The monoisotopic (exact) mass is 297 g/mol. The molecule has 0 aliphatic carbocycles. The van der Waals surface area contributed by atoms with Crippen LogP contribution < -0.4 is 5.32 Å². The number of rotatable bonds is 6. The van der Waals surface area contributed by atoms with Gasteiger partial charge >= 0.3 is 5.69 Å². The lowest BCUT2D eigenvalue weighted by Crippen LogP contribution is -2.13. The van der Waals surface area contributed by atoms with Crippen LogP contribution in [0.15, 0.2) is 22.8 Å². The smallest absolute Gasteiger partial charge is 0.305 e. The molecular weight excluding hydrogens is 284 g/mol. The molecule has 1 N–H and O–H groups in total. The zero-order valence-corrected chi connectivity index (χ0v) is 11.2. The number of benzene rings is 1. The van der Waals surface area contributed by atoms with Gasteiger partial charge in [-0.1, -0.05) is 6.92 Å². The normalized spacial score (nSPS) is 10.8. The average Bonchev–Trinajstić information content (AvgIpc) is 2.87. The van der Waals surface area contributed by atoms with Crippen LogP contribution in [-0.2, 0) is 6.54 Å². The van der Waals surface area contributed by atoms with Crippen molar-refractivity contribution in [3.63, 3.8) is 0 Å². The summed E-state index contributed by atoms with van der Waals surface area (Å²) in [6.45, 7) is 3.15. The van der Waals surface area contributed by atoms with E-state index in [1.54, 1.807) is 0 Å². The summed E-state index contributed by atoms with van der Waals surface area (Å²) in [5, 5.41) is 13.7. The van der Waals surface area contributed by atoms with Gasteiger partial charge in [0.25, 0.3) is 0 Å². The van der Waals surface area contributed by atoms with Crippen molar-refractivity contribution < 1.29 is 18.1 Å². The van der Waals surface area contributed by atoms with E-state index >= 15 is 0 Å². The molecule has 0 saturated carbocycles. The van der Waals surface area contributed by atoms with Crippen LogP contribution in [0.25, 0.3) is 11.5 Å². The fraction of sp³-hybridized carbons (Fsp3) is 0.308. The van der Waals surface area contributed by atoms with Crippen LogP contribution in [0.5, 0.6) is 0 Å². The van der Waals surface area contributed by atoms with Crippen molar-refractivity contribution in [2.24, 2.45) is 0 Å². The molecule has 2 rings (SSSR count). The van der Waals surface area contributed by atoms with Crippen molar-refractivity contribution in [3.8, 4) is 11.5 Å². The summed E-state index contributed by atoms with van der Waals surface area (Å²) < 4.78 is 32.7. The molecule has 8 heteroatoms. The van der Waals surface area contributed by atoms with Gasteiger partial charge in [-0.05, 0) is 19.0 Å². The Morgan fingerprint density at radius 1 is 1.43 bits per heavy atom. The minimum Gasteiger partial charge on any atom is -0.444 e. The average molecular weight is 297 g/mol. The lowest BCUT2D eigenvalue weighted by atomic mass is 10.1. The highest BCUT2D eigenvalue weighted by Crippen LogP contribution is 2.31. The van der Waals surface area contributed by atoms with E-state index in [0.29, 0.717) is 12.2 Å². The van der Waals surface area contributed by atoms with Crippen LogP contribution in [-0.4, -0.2) is 16.5 Å². The number of nitrogens with one attached hydrogen (secondary N) is 1. The molecule has 1 aromatic carbocycles. The highest BCUT2D eigenvalue weighted by Gasteiger charge is 2.25. The van der Waals surface area contributed by atoms with Gasteiger partial charge in [-0.2, -0.15) is 4.39 Å². The molecule has 0 bridgehead atoms. The standard InChI is InChI=1S/C13H13F2N3O3/c1-2-5-16-6-8-7-21-13(17-8)11-9(14)3-4-10(12(11)15)18(19)20/h3-4,7,16H,2,5-6H2,1H3. The summed E-state index contributed by atoms with van der Waals surface area (Å²) in [5.74, 6) is -2.58. The van der Waals surface area contributed by atoms with E-state index in [1.807, 2.05) is 6.92 Å². The van der Waals surface area contributed by atoms with E-state index in [0.717, 1.165) is 25.1 Å². The van der Waals surface area contributed by atoms with Crippen molar-refractivity contribution >= 4 is 5.69 Å². The van der Waals surface area contributed by atoms with Gasteiger partial charge in [0, 0.05) is 12.6 Å². The molecule has 0 aliphatic rings. The largest absolute Gasteiger partial charge is 0.444 e. The molecule has 1 heterocycles. The second kappa shape index (κ2) is 6.40. The first-order valence-corrected chi connectivity index (χ1v) is 6.32. The predicted molar refractivity (Wildman–Crippen MR) is 70.5 cm³/mol. The van der Waals surface area contributed by atoms with Gasteiger partial charge in [0.2, 0.25) is 11.7 Å². The molecule has 2 aromatic rings. The zero-order chi connectivity index (χ0) is 15.4. The number of halogens is 2. The third kappa shape index (κ3) is 3.22. The SMILES string of the molecule is CCCNCc1coc(-c2c(F)ccc([N+](=O)[O-])c2F)n1. The minimum absolute atomic E-state index is 0.318. The first-order chi connectivity index (χ1) is 10.0. The Balaban J connectivity index is 2.33. The Morgan fingerprint density at radius 3 is 2.86 bits per heavy atom. The lowest BCUT2D eigenvalue weighted by Gasteiger charge is -2.01. The Bertz CT molecular complexity index is 658. The number of nitrogens with zero attached hydrogens (tertiary/aromatic N) is 2. The molecule has 112 valence electrons. The Kier molecular flexibility index (Phi) is 4.59. The van der Waals surface area contributed by atoms with Crippen molar-refractivity contribution in [1.82, 2.24) is 10.3 Å². The molecule has 0 fully saturated rings. The van der Waals surface area contributed by atoms with E-state index in [-0.39, 0.29) is 5.89 Å². The van der Waals surface area contributed by atoms with E-state index in [2.05, 4.69) is 10.3 Å². The highest BCUT2D eigenvalue weighted by atomic mass is 19.1. The fourth-order valence-electron chi connectivity index (χ4n) is 1.77. The van der Waals surface area contributed by atoms with Crippen molar-refractivity contribution in [2.75, 3.05) is 6.54 Å². The zero-order valence-electron chi connectivity index (χ0n) is 11.2. The van der Waals surface area contributed by atoms with Crippen LogP contribution in [0.1, 0.15) is 19.0 Å². The molecule has 0 spiro atoms. The van der Waals surface area contributed by atoms with E-state index < -0.39 is 27.8 Å². The molecule has 0 saturated heterocycles. The summed E-state index contributed by atoms with van der Waals surface area (Å²) in [6.07, 6.45) is 2.19. The van der Waals surface area contributed by atoms with Crippen molar-refractivity contribution in [1.29, 1.82) is 0 Å². The van der Waals surface area contributed by atoms with Gasteiger partial charge in [-0.15, -0.1) is 0 Å². The first-order valence-electron chi connectivity index (χ1n) is 6.32. The quantitative estimate of drug-likeness (QED) is 0.503. The molecular formula is C13H13F2N3O3. The molecule has 1 aromatic heterocycles. The minimum atomic E-state index is -1.30. The Morgan fingerprint density at radius 2 is 2.19 bits per heavy atom. The Hall–Kier alpha value is -2.35. The predicted octanol–water partition coefficient (Wildman–Crippen LogP) is 3.03. The molecule has 0 radical (unpaired) electrons. The van der Waals surface area contributed by atoms with Gasteiger partial charge in [0.15, 0.2) is 0 Å².